The highest BCUT2D eigenvalue weighted by Crippen LogP contribution is 2.35. The van der Waals surface area contributed by atoms with Gasteiger partial charge in [-0.25, -0.2) is 4.98 Å². The van der Waals surface area contributed by atoms with Crippen molar-refractivity contribution in [3.8, 4) is 0 Å². The second-order valence-corrected chi connectivity index (χ2v) is 9.38. The van der Waals surface area contributed by atoms with E-state index >= 15 is 0 Å². The number of aryl methyl sites for hydroxylation is 1. The number of carbonyl (C=O) groups is 1. The maximum Gasteiger partial charge on any atom is 0.262 e. The summed E-state index contributed by atoms with van der Waals surface area (Å²) in [6, 6.07) is 17.5. The minimum atomic E-state index is -0.206. The summed E-state index contributed by atoms with van der Waals surface area (Å²) in [5.41, 5.74) is 3.45. The van der Waals surface area contributed by atoms with E-state index in [2.05, 4.69) is 11.1 Å². The van der Waals surface area contributed by atoms with Crippen LogP contribution in [0, 0.1) is 6.92 Å². The topological polar surface area (TPSA) is 33.2 Å². The number of anilines is 1. The Balaban J connectivity index is 1.79. The summed E-state index contributed by atoms with van der Waals surface area (Å²) < 4.78 is 1.92. The first-order valence-electron chi connectivity index (χ1n) is 8.19. The Kier molecular flexibility index (Phi) is 5.19. The highest BCUT2D eigenvalue weighted by Gasteiger charge is 2.25. The normalized spacial score (nSPS) is 11.1. The Morgan fingerprint density at radius 2 is 1.85 bits per heavy atom. The number of rotatable bonds is 4. The second-order valence-electron chi connectivity index (χ2n) is 6.08. The average molecular weight is 433 g/mol. The van der Waals surface area contributed by atoms with Gasteiger partial charge >= 0.3 is 0 Å². The van der Waals surface area contributed by atoms with Crippen molar-refractivity contribution in [1.82, 2.24) is 4.98 Å². The van der Waals surface area contributed by atoms with Gasteiger partial charge in [-0.1, -0.05) is 70.9 Å². The molecule has 0 fully saturated rings. The first-order chi connectivity index (χ1) is 13.0. The third-order valence-electron chi connectivity index (χ3n) is 4.08. The minimum Gasteiger partial charge on any atom is -0.279 e. The summed E-state index contributed by atoms with van der Waals surface area (Å²) in [6.07, 6.45) is 0. The van der Waals surface area contributed by atoms with Gasteiger partial charge in [0.15, 0.2) is 5.13 Å². The van der Waals surface area contributed by atoms with E-state index in [1.54, 1.807) is 11.0 Å². The van der Waals surface area contributed by atoms with Gasteiger partial charge in [0.1, 0.15) is 4.34 Å². The van der Waals surface area contributed by atoms with E-state index in [-0.39, 0.29) is 5.91 Å². The predicted molar refractivity (Wildman–Crippen MR) is 116 cm³/mol. The van der Waals surface area contributed by atoms with Crippen LogP contribution in [0.25, 0.3) is 10.2 Å². The van der Waals surface area contributed by atoms with Crippen LogP contribution in [0.5, 0.6) is 0 Å². The fourth-order valence-corrected chi connectivity index (χ4v) is 5.27. The molecule has 136 valence electrons. The van der Waals surface area contributed by atoms with Crippen LogP contribution >= 0.6 is 45.9 Å². The Bertz CT molecular complexity index is 1120. The van der Waals surface area contributed by atoms with Gasteiger partial charge in [-0.05, 0) is 36.2 Å². The smallest absolute Gasteiger partial charge is 0.262 e. The maximum atomic E-state index is 13.3. The molecule has 0 atom stereocenters. The summed E-state index contributed by atoms with van der Waals surface area (Å²) in [5, 5.41) is 0.642. The molecule has 0 N–H and O–H groups in total. The van der Waals surface area contributed by atoms with Crippen LogP contribution in [0.2, 0.25) is 8.67 Å². The molecule has 2 aromatic heterocycles. The molecule has 2 aromatic carbocycles. The average Bonchev–Trinajstić information content (AvgIpc) is 3.22. The first-order valence-corrected chi connectivity index (χ1v) is 10.6. The molecule has 4 rings (SSSR count). The highest BCUT2D eigenvalue weighted by atomic mass is 35.5. The minimum absolute atomic E-state index is 0.206. The summed E-state index contributed by atoms with van der Waals surface area (Å²) in [7, 11) is 0. The molecule has 0 bridgehead atoms. The molecule has 0 radical (unpaired) electrons. The number of aromatic nitrogens is 1. The monoisotopic (exact) mass is 432 g/mol. The number of fused-ring (bicyclic) bond motifs is 1. The van der Waals surface area contributed by atoms with E-state index in [1.807, 2.05) is 49.4 Å². The van der Waals surface area contributed by atoms with Gasteiger partial charge in [-0.3, -0.25) is 9.69 Å². The Labute approximate surface area is 174 Å². The van der Waals surface area contributed by atoms with Crippen LogP contribution in [0.4, 0.5) is 5.13 Å². The molecule has 0 aliphatic heterocycles. The molecule has 3 nitrogen and oxygen atoms in total. The van der Waals surface area contributed by atoms with Gasteiger partial charge in [-0.2, -0.15) is 0 Å². The van der Waals surface area contributed by atoms with Crippen molar-refractivity contribution >= 4 is 67.1 Å². The summed E-state index contributed by atoms with van der Waals surface area (Å²) in [4.78, 5) is 19.6. The van der Waals surface area contributed by atoms with Crippen LogP contribution in [-0.2, 0) is 6.54 Å². The Hall–Kier alpha value is -1.92. The Morgan fingerprint density at radius 1 is 1.07 bits per heavy atom. The van der Waals surface area contributed by atoms with Crippen molar-refractivity contribution in [1.29, 1.82) is 0 Å². The summed E-state index contributed by atoms with van der Waals surface area (Å²) in [5.74, 6) is -0.206. The van der Waals surface area contributed by atoms with Crippen molar-refractivity contribution in [2.24, 2.45) is 0 Å². The number of thiophene rings is 1. The zero-order valence-corrected chi connectivity index (χ0v) is 17.4. The van der Waals surface area contributed by atoms with Gasteiger partial charge in [0, 0.05) is 0 Å². The second kappa shape index (κ2) is 7.60. The number of carbonyl (C=O) groups excluding carboxylic acids is 1. The van der Waals surface area contributed by atoms with Gasteiger partial charge in [-0.15, -0.1) is 11.3 Å². The van der Waals surface area contributed by atoms with Gasteiger partial charge in [0.05, 0.1) is 26.7 Å². The molecule has 0 unspecified atom stereocenters. The molecule has 1 amide bonds. The standard InChI is InChI=1S/C20H14Cl2N2OS2/c1-12-7-8-15-16(9-12)26-20(23-15)24(11-13-5-3-2-4-6-13)19(25)14-10-17(21)27-18(14)22/h2-10H,11H2,1H3. The van der Waals surface area contributed by atoms with Crippen LogP contribution in [0.1, 0.15) is 21.5 Å². The molecule has 2 heterocycles. The molecule has 0 saturated carbocycles. The lowest BCUT2D eigenvalue weighted by atomic mass is 10.2. The van der Waals surface area contributed by atoms with E-state index in [0.717, 1.165) is 21.3 Å². The van der Waals surface area contributed by atoms with E-state index in [4.69, 9.17) is 23.2 Å². The fourth-order valence-electron chi connectivity index (χ4n) is 2.76. The molecule has 27 heavy (non-hydrogen) atoms. The molecular weight excluding hydrogens is 419 g/mol. The number of amides is 1. The lowest BCUT2D eigenvalue weighted by Crippen LogP contribution is -2.30. The predicted octanol–water partition coefficient (Wildman–Crippen LogP) is 6.82. The SMILES string of the molecule is Cc1ccc2nc(N(Cc3ccccc3)C(=O)c3cc(Cl)sc3Cl)sc2c1. The van der Waals surface area contributed by atoms with Gasteiger partial charge < -0.3 is 0 Å². The molecular formula is C20H14Cl2N2OS2. The Morgan fingerprint density at radius 3 is 2.56 bits per heavy atom. The first kappa shape index (κ1) is 18.4. The third-order valence-corrected chi connectivity index (χ3v) is 6.61. The fraction of sp³-hybridized carbons (Fsp3) is 0.100. The molecule has 0 aliphatic rings. The van der Waals surface area contributed by atoms with Crippen LogP contribution in [0.15, 0.2) is 54.6 Å². The number of benzene rings is 2. The van der Waals surface area contributed by atoms with Crippen LogP contribution in [-0.4, -0.2) is 10.9 Å². The van der Waals surface area contributed by atoms with Crippen molar-refractivity contribution in [2.75, 3.05) is 4.90 Å². The van der Waals surface area contributed by atoms with E-state index < -0.39 is 0 Å². The largest absolute Gasteiger partial charge is 0.279 e. The van der Waals surface area contributed by atoms with Crippen LogP contribution in [0.3, 0.4) is 0 Å². The van der Waals surface area contributed by atoms with E-state index in [0.29, 0.717) is 25.9 Å². The van der Waals surface area contributed by atoms with Crippen LogP contribution < -0.4 is 4.90 Å². The molecule has 0 aliphatic carbocycles. The zero-order valence-electron chi connectivity index (χ0n) is 14.3. The summed E-state index contributed by atoms with van der Waals surface area (Å²) >= 11 is 15.0. The van der Waals surface area contributed by atoms with E-state index in [1.165, 1.54) is 22.7 Å². The van der Waals surface area contributed by atoms with Crippen molar-refractivity contribution < 1.29 is 4.79 Å². The lowest BCUT2D eigenvalue weighted by Gasteiger charge is -2.19. The molecule has 4 aromatic rings. The molecule has 0 saturated heterocycles. The molecule has 0 spiro atoms. The van der Waals surface area contributed by atoms with Crippen molar-refractivity contribution in [2.45, 2.75) is 13.5 Å². The number of halogens is 2. The lowest BCUT2D eigenvalue weighted by molar-refractivity contribution is 0.0985. The maximum absolute atomic E-state index is 13.3. The van der Waals surface area contributed by atoms with Gasteiger partial charge in [0.2, 0.25) is 0 Å². The number of thiazole rings is 1. The number of hydrogen-bond acceptors (Lipinski definition) is 4. The third kappa shape index (κ3) is 3.87. The number of hydrogen-bond donors (Lipinski definition) is 0. The quantitative estimate of drug-likeness (QED) is 0.354. The summed E-state index contributed by atoms with van der Waals surface area (Å²) in [6.45, 7) is 2.45. The highest BCUT2D eigenvalue weighted by molar-refractivity contribution is 7.22. The van der Waals surface area contributed by atoms with Crippen molar-refractivity contribution in [3.05, 3.63) is 80.0 Å². The zero-order chi connectivity index (χ0) is 19.0. The number of nitrogens with zero attached hydrogens (tertiary/aromatic N) is 2. The van der Waals surface area contributed by atoms with E-state index in [9.17, 15) is 4.79 Å². The molecule has 7 heteroatoms. The van der Waals surface area contributed by atoms with Crippen molar-refractivity contribution in [3.63, 3.8) is 0 Å². The van der Waals surface area contributed by atoms with Gasteiger partial charge in [0.25, 0.3) is 5.91 Å².